The van der Waals surface area contributed by atoms with Gasteiger partial charge in [0, 0.05) is 21.2 Å². The minimum Gasteiger partial charge on any atom is -0.345 e. The standard InChI is InChI=1S/C33H39Cl2N7O2/c1-20(2)21-8-12-33(13-9-21)37-29(24-16-25(34)18-26(35)17-24)31(44)42(33)27(10-11-32(3)14-15-32)22-4-6-23(7-5-22)30(43)36-19-28-38-40-41-39-28/h4-7,16-18,20-21,27H,8-15,19H2,1-3H3,(H,36,43)(H,38,39,40,41)/t21?,27-,33?/m1/s1. The number of carbonyl (C=O) groups excluding carboxylic acids is 2. The zero-order valence-corrected chi connectivity index (χ0v) is 27.0. The van der Waals surface area contributed by atoms with Crippen molar-refractivity contribution in [3.05, 3.63) is 75.0 Å². The predicted octanol–water partition coefficient (Wildman–Crippen LogP) is 6.93. The number of aromatic nitrogens is 4. The van der Waals surface area contributed by atoms with Crippen LogP contribution in [0.25, 0.3) is 0 Å². The van der Waals surface area contributed by atoms with Gasteiger partial charge in [0.2, 0.25) is 0 Å². The first-order chi connectivity index (χ1) is 21.1. The van der Waals surface area contributed by atoms with Crippen molar-refractivity contribution in [2.45, 2.75) is 90.4 Å². The van der Waals surface area contributed by atoms with E-state index >= 15 is 0 Å². The number of nitrogens with zero attached hydrogens (tertiary/aromatic N) is 5. The molecule has 1 aromatic heterocycles. The van der Waals surface area contributed by atoms with Crippen molar-refractivity contribution in [3.8, 4) is 0 Å². The number of rotatable bonds is 10. The minimum absolute atomic E-state index is 0.0841. The average molecular weight is 637 g/mol. The molecule has 2 heterocycles. The minimum atomic E-state index is -0.637. The van der Waals surface area contributed by atoms with E-state index in [1.165, 1.54) is 12.8 Å². The van der Waals surface area contributed by atoms with Crippen LogP contribution in [-0.4, -0.2) is 48.7 Å². The summed E-state index contributed by atoms with van der Waals surface area (Å²) in [6, 6.07) is 12.7. The van der Waals surface area contributed by atoms with E-state index in [1.807, 2.05) is 24.3 Å². The van der Waals surface area contributed by atoms with Crippen LogP contribution < -0.4 is 5.32 Å². The number of tetrazole rings is 1. The maximum Gasteiger partial charge on any atom is 0.275 e. The van der Waals surface area contributed by atoms with Crippen molar-refractivity contribution in [1.82, 2.24) is 30.8 Å². The van der Waals surface area contributed by atoms with Crippen molar-refractivity contribution in [3.63, 3.8) is 0 Å². The number of H-pyrrole nitrogens is 1. The summed E-state index contributed by atoms with van der Waals surface area (Å²) in [4.78, 5) is 34.8. The molecule has 2 saturated carbocycles. The summed E-state index contributed by atoms with van der Waals surface area (Å²) in [5, 5.41) is 17.5. The van der Waals surface area contributed by atoms with E-state index in [0.717, 1.165) is 44.1 Å². The molecule has 6 rings (SSSR count). The Balaban J connectivity index is 1.33. The molecule has 9 nitrogen and oxygen atoms in total. The Hall–Kier alpha value is -3.30. The van der Waals surface area contributed by atoms with Gasteiger partial charge in [0.1, 0.15) is 11.4 Å². The van der Waals surface area contributed by atoms with Gasteiger partial charge in [0.15, 0.2) is 5.82 Å². The molecule has 44 heavy (non-hydrogen) atoms. The van der Waals surface area contributed by atoms with E-state index in [2.05, 4.69) is 51.6 Å². The van der Waals surface area contributed by atoms with E-state index in [9.17, 15) is 9.59 Å². The monoisotopic (exact) mass is 635 g/mol. The van der Waals surface area contributed by atoms with Crippen molar-refractivity contribution in [2.24, 2.45) is 22.2 Å². The number of amides is 2. The lowest BCUT2D eigenvalue weighted by Gasteiger charge is -2.46. The van der Waals surface area contributed by atoms with Crippen LogP contribution in [0, 0.1) is 17.3 Å². The van der Waals surface area contributed by atoms with Crippen LogP contribution in [0.3, 0.4) is 0 Å². The summed E-state index contributed by atoms with van der Waals surface area (Å²) in [7, 11) is 0. The van der Waals surface area contributed by atoms with Crippen LogP contribution in [0.15, 0.2) is 47.5 Å². The normalized spacial score (nSPS) is 23.2. The summed E-state index contributed by atoms with van der Waals surface area (Å²) in [6.45, 7) is 7.06. The number of benzene rings is 2. The Morgan fingerprint density at radius 3 is 2.34 bits per heavy atom. The quantitative estimate of drug-likeness (QED) is 0.250. The van der Waals surface area contributed by atoms with E-state index in [1.54, 1.807) is 18.2 Å². The molecule has 0 unspecified atom stereocenters. The van der Waals surface area contributed by atoms with E-state index < -0.39 is 5.66 Å². The number of aromatic amines is 1. The summed E-state index contributed by atoms with van der Waals surface area (Å²) in [6.07, 6.45) is 7.89. The van der Waals surface area contributed by atoms with Gasteiger partial charge in [-0.15, -0.1) is 10.2 Å². The zero-order chi connectivity index (χ0) is 31.1. The van der Waals surface area contributed by atoms with Gasteiger partial charge in [-0.3, -0.25) is 14.6 Å². The lowest BCUT2D eigenvalue weighted by atomic mass is 9.75. The molecule has 2 fully saturated rings. The Kier molecular flexibility index (Phi) is 8.54. The van der Waals surface area contributed by atoms with Crippen LogP contribution >= 0.6 is 23.2 Å². The fourth-order valence-corrected chi connectivity index (χ4v) is 7.34. The maximum absolute atomic E-state index is 14.6. The molecule has 3 aromatic rings. The Labute approximate surface area is 268 Å². The Morgan fingerprint density at radius 1 is 1.07 bits per heavy atom. The number of hydrogen-bond donors (Lipinski definition) is 2. The zero-order valence-electron chi connectivity index (χ0n) is 25.4. The van der Waals surface area contributed by atoms with E-state index in [4.69, 9.17) is 28.2 Å². The first kappa shape index (κ1) is 30.7. The van der Waals surface area contributed by atoms with Crippen molar-refractivity contribution < 1.29 is 9.59 Å². The number of halogens is 2. The second kappa shape index (κ2) is 12.2. The molecule has 0 saturated heterocycles. The highest BCUT2D eigenvalue weighted by Crippen LogP contribution is 2.53. The van der Waals surface area contributed by atoms with Crippen LogP contribution in [-0.2, 0) is 11.3 Å². The average Bonchev–Trinajstić information content (AvgIpc) is 3.38. The maximum atomic E-state index is 14.6. The molecule has 2 aromatic carbocycles. The number of aliphatic imine (C=N–C) groups is 1. The molecule has 2 amide bonds. The van der Waals surface area contributed by atoms with Gasteiger partial charge < -0.3 is 10.2 Å². The van der Waals surface area contributed by atoms with Gasteiger partial charge in [0.25, 0.3) is 11.8 Å². The number of nitrogens with one attached hydrogen (secondary N) is 2. The summed E-state index contributed by atoms with van der Waals surface area (Å²) in [5.74, 6) is 1.28. The van der Waals surface area contributed by atoms with Crippen molar-refractivity contribution in [1.29, 1.82) is 0 Å². The lowest BCUT2D eigenvalue weighted by molar-refractivity contribution is -0.133. The fraction of sp³-hybridized carbons (Fsp3) is 0.515. The molecule has 1 atom stereocenters. The van der Waals surface area contributed by atoms with Crippen LogP contribution in [0.1, 0.15) is 105 Å². The van der Waals surface area contributed by atoms with Crippen molar-refractivity contribution >= 4 is 40.7 Å². The third-order valence-electron chi connectivity index (χ3n) is 9.89. The van der Waals surface area contributed by atoms with Gasteiger partial charge >= 0.3 is 0 Å². The SMILES string of the molecule is CC(C)C1CCC2(CC1)N=C(c1cc(Cl)cc(Cl)c1)C(=O)N2[C@H](CCC1(C)CC1)c1ccc(C(=O)NCc2nn[nH]n2)cc1. The van der Waals surface area contributed by atoms with Gasteiger partial charge in [-0.25, -0.2) is 0 Å². The Bertz CT molecular complexity index is 1520. The summed E-state index contributed by atoms with van der Waals surface area (Å²) in [5.41, 5.74) is 2.28. The van der Waals surface area contributed by atoms with Gasteiger partial charge in [-0.1, -0.05) is 61.3 Å². The first-order valence-electron chi connectivity index (χ1n) is 15.6. The molecule has 1 spiro atoms. The molecule has 2 aliphatic carbocycles. The van der Waals surface area contributed by atoms with Crippen molar-refractivity contribution in [2.75, 3.05) is 0 Å². The third-order valence-corrected chi connectivity index (χ3v) is 10.3. The predicted molar refractivity (Wildman–Crippen MR) is 170 cm³/mol. The summed E-state index contributed by atoms with van der Waals surface area (Å²) >= 11 is 12.8. The second-order valence-corrected chi connectivity index (χ2v) is 14.2. The first-order valence-corrected chi connectivity index (χ1v) is 16.3. The molecule has 0 radical (unpaired) electrons. The molecule has 232 valence electrons. The molecule has 1 aliphatic heterocycles. The van der Waals surface area contributed by atoms with Gasteiger partial charge in [-0.2, -0.15) is 5.21 Å². The molecular formula is C33H39Cl2N7O2. The number of hydrogen-bond acceptors (Lipinski definition) is 6. The van der Waals surface area contributed by atoms with Gasteiger partial charge in [0.05, 0.1) is 12.6 Å². The molecular weight excluding hydrogens is 597 g/mol. The highest BCUT2D eigenvalue weighted by Gasteiger charge is 2.52. The van der Waals surface area contributed by atoms with E-state index in [-0.39, 0.29) is 24.4 Å². The molecule has 3 aliphatic rings. The van der Waals surface area contributed by atoms with Gasteiger partial charge in [-0.05, 0) is 105 Å². The molecule has 2 N–H and O–H groups in total. The van der Waals surface area contributed by atoms with E-state index in [0.29, 0.717) is 50.0 Å². The Morgan fingerprint density at radius 2 is 1.75 bits per heavy atom. The lowest BCUT2D eigenvalue weighted by Crippen LogP contribution is -2.51. The highest BCUT2D eigenvalue weighted by atomic mass is 35.5. The largest absolute Gasteiger partial charge is 0.345 e. The second-order valence-electron chi connectivity index (χ2n) is 13.4. The number of carbonyl (C=O) groups is 2. The highest BCUT2D eigenvalue weighted by molar-refractivity contribution is 6.47. The summed E-state index contributed by atoms with van der Waals surface area (Å²) < 4.78 is 0. The van der Waals surface area contributed by atoms with Crippen LogP contribution in [0.2, 0.25) is 10.0 Å². The van der Waals surface area contributed by atoms with Crippen LogP contribution in [0.5, 0.6) is 0 Å². The molecule has 0 bridgehead atoms. The topological polar surface area (TPSA) is 116 Å². The fourth-order valence-electron chi connectivity index (χ4n) is 6.81. The smallest absolute Gasteiger partial charge is 0.275 e. The van der Waals surface area contributed by atoms with Crippen LogP contribution in [0.4, 0.5) is 0 Å². The third kappa shape index (κ3) is 6.40. The molecule has 11 heteroatoms.